The van der Waals surface area contributed by atoms with Gasteiger partial charge in [-0.3, -0.25) is 4.79 Å². The molecule has 5 heteroatoms. The summed E-state index contributed by atoms with van der Waals surface area (Å²) < 4.78 is 16.0. The first kappa shape index (κ1) is 15.2. The van der Waals surface area contributed by atoms with E-state index >= 15 is 0 Å². The van der Waals surface area contributed by atoms with Gasteiger partial charge in [-0.15, -0.1) is 0 Å². The smallest absolute Gasteiger partial charge is 0.203 e. The molecule has 0 aromatic heterocycles. The predicted molar refractivity (Wildman–Crippen MR) is 82.8 cm³/mol. The Morgan fingerprint density at radius 3 is 2.10 bits per heavy atom. The van der Waals surface area contributed by atoms with Crippen molar-refractivity contribution in [2.75, 3.05) is 21.3 Å². The SMILES string of the molecule is COc1ccc(-c2ccc(Cl)c(=O)cc2)c(OC)c1OC. The van der Waals surface area contributed by atoms with Gasteiger partial charge in [-0.25, -0.2) is 0 Å². The van der Waals surface area contributed by atoms with E-state index in [9.17, 15) is 4.79 Å². The summed E-state index contributed by atoms with van der Waals surface area (Å²) in [6.07, 6.45) is 0. The van der Waals surface area contributed by atoms with Crippen LogP contribution in [-0.2, 0) is 0 Å². The molecule has 0 radical (unpaired) electrons. The van der Waals surface area contributed by atoms with Gasteiger partial charge < -0.3 is 14.2 Å². The summed E-state index contributed by atoms with van der Waals surface area (Å²) in [5.74, 6) is 1.60. The van der Waals surface area contributed by atoms with Gasteiger partial charge in [-0.1, -0.05) is 23.7 Å². The molecular formula is C16H15ClO4. The highest BCUT2D eigenvalue weighted by atomic mass is 35.5. The average Bonchev–Trinajstić information content (AvgIpc) is 2.68. The van der Waals surface area contributed by atoms with Gasteiger partial charge in [0, 0.05) is 5.56 Å². The van der Waals surface area contributed by atoms with E-state index in [1.54, 1.807) is 45.6 Å². The second-order valence-electron chi connectivity index (χ2n) is 4.22. The lowest BCUT2D eigenvalue weighted by Gasteiger charge is -2.15. The maximum absolute atomic E-state index is 11.6. The molecule has 0 aliphatic rings. The first-order valence-electron chi connectivity index (χ1n) is 6.21. The Hall–Kier alpha value is -2.20. The molecule has 0 spiro atoms. The normalized spacial score (nSPS) is 10.1. The molecule has 0 atom stereocenters. The lowest BCUT2D eigenvalue weighted by Crippen LogP contribution is -1.96. The summed E-state index contributed by atoms with van der Waals surface area (Å²) in [5, 5.41) is 0.167. The second-order valence-corrected chi connectivity index (χ2v) is 4.62. The van der Waals surface area contributed by atoms with Crippen LogP contribution >= 0.6 is 11.6 Å². The van der Waals surface area contributed by atoms with E-state index in [1.807, 2.05) is 6.07 Å². The molecule has 2 aromatic rings. The maximum Gasteiger partial charge on any atom is 0.203 e. The monoisotopic (exact) mass is 306 g/mol. The predicted octanol–water partition coefficient (Wildman–Crippen LogP) is 3.39. The van der Waals surface area contributed by atoms with Gasteiger partial charge in [0.2, 0.25) is 5.75 Å². The number of ether oxygens (including phenoxy) is 3. The van der Waals surface area contributed by atoms with Gasteiger partial charge in [0.05, 0.1) is 26.4 Å². The third kappa shape index (κ3) is 2.95. The van der Waals surface area contributed by atoms with Crippen LogP contribution in [0.15, 0.2) is 41.2 Å². The Morgan fingerprint density at radius 1 is 0.810 bits per heavy atom. The summed E-state index contributed by atoms with van der Waals surface area (Å²) >= 11 is 5.84. The number of hydrogen-bond acceptors (Lipinski definition) is 4. The zero-order valence-electron chi connectivity index (χ0n) is 12.0. The van der Waals surface area contributed by atoms with Crippen molar-refractivity contribution in [3.8, 4) is 28.4 Å². The summed E-state index contributed by atoms with van der Waals surface area (Å²) in [6.45, 7) is 0. The van der Waals surface area contributed by atoms with E-state index in [4.69, 9.17) is 25.8 Å². The van der Waals surface area contributed by atoms with Crippen LogP contribution < -0.4 is 19.6 Å². The van der Waals surface area contributed by atoms with E-state index in [0.29, 0.717) is 17.2 Å². The van der Waals surface area contributed by atoms with Crippen molar-refractivity contribution in [1.29, 1.82) is 0 Å². The van der Waals surface area contributed by atoms with Crippen LogP contribution in [0.2, 0.25) is 5.02 Å². The molecule has 0 N–H and O–H groups in total. The van der Waals surface area contributed by atoms with Gasteiger partial charge in [-0.05, 0) is 29.8 Å². The quantitative estimate of drug-likeness (QED) is 0.868. The molecule has 0 saturated heterocycles. The molecular weight excluding hydrogens is 292 g/mol. The summed E-state index contributed by atoms with van der Waals surface area (Å²) in [5.41, 5.74) is 1.33. The standard InChI is InChI=1S/C16H15ClO4/c1-19-14-9-6-11(15(20-2)16(14)21-3)10-4-7-12(17)13(18)8-5-10/h4-9H,1-3H3. The van der Waals surface area contributed by atoms with E-state index in [0.717, 1.165) is 11.1 Å². The second kappa shape index (κ2) is 6.50. The molecule has 2 rings (SSSR count). The molecule has 2 aromatic carbocycles. The van der Waals surface area contributed by atoms with Crippen LogP contribution in [0.4, 0.5) is 0 Å². The Kier molecular flexibility index (Phi) is 4.70. The van der Waals surface area contributed by atoms with Crippen molar-refractivity contribution in [2.45, 2.75) is 0 Å². The van der Waals surface area contributed by atoms with Gasteiger partial charge in [0.15, 0.2) is 16.9 Å². The topological polar surface area (TPSA) is 44.8 Å². The third-order valence-electron chi connectivity index (χ3n) is 3.07. The number of rotatable bonds is 4. The highest BCUT2D eigenvalue weighted by molar-refractivity contribution is 6.30. The molecule has 21 heavy (non-hydrogen) atoms. The van der Waals surface area contributed by atoms with E-state index in [2.05, 4.69) is 0 Å². The minimum absolute atomic E-state index is 0.167. The Morgan fingerprint density at radius 2 is 1.48 bits per heavy atom. The third-order valence-corrected chi connectivity index (χ3v) is 3.39. The molecule has 0 fully saturated rings. The van der Waals surface area contributed by atoms with Crippen molar-refractivity contribution in [2.24, 2.45) is 0 Å². The van der Waals surface area contributed by atoms with E-state index in [-0.39, 0.29) is 10.5 Å². The molecule has 0 unspecified atom stereocenters. The highest BCUT2D eigenvalue weighted by Gasteiger charge is 2.16. The highest BCUT2D eigenvalue weighted by Crippen LogP contribution is 2.43. The van der Waals surface area contributed by atoms with Crippen molar-refractivity contribution in [3.05, 3.63) is 51.6 Å². The fourth-order valence-electron chi connectivity index (χ4n) is 2.05. The molecule has 0 aliphatic heterocycles. The minimum atomic E-state index is -0.234. The van der Waals surface area contributed by atoms with Gasteiger partial charge in [0.1, 0.15) is 0 Å². The molecule has 4 nitrogen and oxygen atoms in total. The summed E-state index contributed by atoms with van der Waals surface area (Å²) in [7, 11) is 4.65. The lowest BCUT2D eigenvalue weighted by molar-refractivity contribution is 0.325. The van der Waals surface area contributed by atoms with Crippen LogP contribution in [0, 0.1) is 0 Å². The van der Waals surface area contributed by atoms with Crippen LogP contribution in [0.1, 0.15) is 0 Å². The van der Waals surface area contributed by atoms with Gasteiger partial charge in [0.25, 0.3) is 0 Å². The molecule has 0 amide bonds. The molecule has 110 valence electrons. The van der Waals surface area contributed by atoms with E-state index in [1.165, 1.54) is 6.07 Å². The van der Waals surface area contributed by atoms with Crippen LogP contribution in [0.25, 0.3) is 11.1 Å². The van der Waals surface area contributed by atoms with Gasteiger partial charge in [-0.2, -0.15) is 0 Å². The zero-order chi connectivity index (χ0) is 15.4. The summed E-state index contributed by atoms with van der Waals surface area (Å²) in [6, 6.07) is 10.1. The van der Waals surface area contributed by atoms with Crippen LogP contribution in [0.3, 0.4) is 0 Å². The fraction of sp³-hybridized carbons (Fsp3) is 0.188. The van der Waals surface area contributed by atoms with Crippen LogP contribution in [-0.4, -0.2) is 21.3 Å². The average molecular weight is 307 g/mol. The zero-order valence-corrected chi connectivity index (χ0v) is 12.7. The van der Waals surface area contributed by atoms with Crippen molar-refractivity contribution >= 4 is 11.6 Å². The maximum atomic E-state index is 11.6. The largest absolute Gasteiger partial charge is 0.493 e. The molecule has 0 heterocycles. The van der Waals surface area contributed by atoms with Crippen molar-refractivity contribution in [1.82, 2.24) is 0 Å². The number of hydrogen-bond donors (Lipinski definition) is 0. The van der Waals surface area contributed by atoms with Gasteiger partial charge >= 0.3 is 0 Å². The van der Waals surface area contributed by atoms with E-state index < -0.39 is 0 Å². The number of benzene rings is 1. The molecule has 0 bridgehead atoms. The minimum Gasteiger partial charge on any atom is -0.493 e. The summed E-state index contributed by atoms with van der Waals surface area (Å²) in [4.78, 5) is 11.6. The number of halogens is 1. The first-order chi connectivity index (χ1) is 10.1. The Labute approximate surface area is 127 Å². The fourth-order valence-corrected chi connectivity index (χ4v) is 2.18. The lowest BCUT2D eigenvalue weighted by atomic mass is 10.1. The van der Waals surface area contributed by atoms with Crippen LogP contribution in [0.5, 0.6) is 17.2 Å². The molecule has 0 saturated carbocycles. The Bertz CT molecular complexity index is 713. The van der Waals surface area contributed by atoms with Crippen molar-refractivity contribution in [3.63, 3.8) is 0 Å². The Balaban J connectivity index is 2.70. The number of methoxy groups -OCH3 is 3. The first-order valence-corrected chi connectivity index (χ1v) is 6.59. The molecule has 0 aliphatic carbocycles. The van der Waals surface area contributed by atoms with Crippen molar-refractivity contribution < 1.29 is 14.2 Å².